The Morgan fingerprint density at radius 2 is 2.08 bits per heavy atom. The summed E-state index contributed by atoms with van der Waals surface area (Å²) in [6.07, 6.45) is 4.79. The lowest BCUT2D eigenvalue weighted by molar-refractivity contribution is -0.132. The van der Waals surface area contributed by atoms with Crippen LogP contribution in [0.25, 0.3) is 0 Å². The average molecular weight is 355 g/mol. The molecule has 1 atom stereocenters. The van der Waals surface area contributed by atoms with E-state index >= 15 is 0 Å². The molecule has 1 saturated heterocycles. The summed E-state index contributed by atoms with van der Waals surface area (Å²) in [6, 6.07) is 9.74. The van der Waals surface area contributed by atoms with E-state index in [0.29, 0.717) is 25.4 Å². The lowest BCUT2D eigenvalue weighted by Crippen LogP contribution is -2.41. The highest BCUT2D eigenvalue weighted by molar-refractivity contribution is 5.76. The molecule has 4 rings (SSSR count). The molecule has 0 radical (unpaired) electrons. The van der Waals surface area contributed by atoms with Crippen LogP contribution < -0.4 is 4.74 Å². The highest BCUT2D eigenvalue weighted by Crippen LogP contribution is 2.38. The molecule has 2 aromatic rings. The second kappa shape index (κ2) is 6.76. The molecule has 2 fully saturated rings. The van der Waals surface area contributed by atoms with E-state index in [2.05, 4.69) is 5.10 Å². The molecular weight excluding hydrogens is 330 g/mol. The Morgan fingerprint density at radius 1 is 1.31 bits per heavy atom. The first-order chi connectivity index (χ1) is 12.5. The number of aliphatic hydroxyl groups is 1. The molecule has 1 amide bonds. The van der Waals surface area contributed by atoms with E-state index in [0.717, 1.165) is 17.0 Å². The van der Waals surface area contributed by atoms with Crippen LogP contribution in [0.1, 0.15) is 36.4 Å². The molecule has 1 saturated carbocycles. The maximum absolute atomic E-state index is 12.5. The SMILES string of the molecule is Cc1ccc(OC[C@]2(O)CCN(C(=O)Cn3ccc(C4CC4)n3)C2)cc1. The lowest BCUT2D eigenvalue weighted by atomic mass is 10.1. The molecule has 0 spiro atoms. The van der Waals surface area contributed by atoms with E-state index in [9.17, 15) is 9.90 Å². The van der Waals surface area contributed by atoms with Gasteiger partial charge in [0.1, 0.15) is 24.5 Å². The van der Waals surface area contributed by atoms with Gasteiger partial charge in [0.15, 0.2) is 0 Å². The van der Waals surface area contributed by atoms with Crippen molar-refractivity contribution in [2.75, 3.05) is 19.7 Å². The minimum absolute atomic E-state index is 0.0123. The Hall–Kier alpha value is -2.34. The maximum Gasteiger partial charge on any atom is 0.244 e. The summed E-state index contributed by atoms with van der Waals surface area (Å²) in [5.41, 5.74) is 1.25. The second-order valence-electron chi connectivity index (χ2n) is 7.60. The van der Waals surface area contributed by atoms with E-state index in [1.807, 2.05) is 43.5 Å². The molecule has 2 heterocycles. The van der Waals surface area contributed by atoms with Crippen LogP contribution in [0.5, 0.6) is 5.75 Å². The van der Waals surface area contributed by atoms with Gasteiger partial charge in [0.25, 0.3) is 0 Å². The molecule has 1 aromatic heterocycles. The van der Waals surface area contributed by atoms with Gasteiger partial charge in [0.2, 0.25) is 5.91 Å². The van der Waals surface area contributed by atoms with Crippen molar-refractivity contribution < 1.29 is 14.6 Å². The van der Waals surface area contributed by atoms with Crippen LogP contribution in [0.15, 0.2) is 36.5 Å². The van der Waals surface area contributed by atoms with Crippen molar-refractivity contribution in [1.29, 1.82) is 0 Å². The van der Waals surface area contributed by atoms with Crippen LogP contribution in [0.4, 0.5) is 0 Å². The third-order valence-electron chi connectivity index (χ3n) is 5.17. The third-order valence-corrected chi connectivity index (χ3v) is 5.17. The molecule has 1 aliphatic carbocycles. The van der Waals surface area contributed by atoms with Gasteiger partial charge >= 0.3 is 0 Å². The Bertz CT molecular complexity index is 782. The number of ether oxygens (including phenoxy) is 1. The summed E-state index contributed by atoms with van der Waals surface area (Å²) in [4.78, 5) is 14.2. The van der Waals surface area contributed by atoms with Crippen LogP contribution in [-0.4, -0.2) is 51.0 Å². The largest absolute Gasteiger partial charge is 0.491 e. The Balaban J connectivity index is 1.29. The van der Waals surface area contributed by atoms with Crippen LogP contribution in [0.3, 0.4) is 0 Å². The van der Waals surface area contributed by atoms with Crippen molar-refractivity contribution in [2.24, 2.45) is 0 Å². The highest BCUT2D eigenvalue weighted by Gasteiger charge is 2.39. The number of benzene rings is 1. The van der Waals surface area contributed by atoms with Crippen LogP contribution in [0, 0.1) is 6.92 Å². The average Bonchev–Trinajstić information content (AvgIpc) is 3.25. The topological polar surface area (TPSA) is 67.6 Å². The summed E-state index contributed by atoms with van der Waals surface area (Å²) in [7, 11) is 0. The van der Waals surface area contributed by atoms with Gasteiger partial charge in [-0.2, -0.15) is 5.10 Å². The minimum atomic E-state index is -0.996. The van der Waals surface area contributed by atoms with Crippen molar-refractivity contribution in [3.05, 3.63) is 47.8 Å². The zero-order chi connectivity index (χ0) is 18.1. The van der Waals surface area contributed by atoms with Gasteiger partial charge in [0.05, 0.1) is 12.2 Å². The quantitative estimate of drug-likeness (QED) is 0.862. The van der Waals surface area contributed by atoms with Gasteiger partial charge in [-0.3, -0.25) is 9.48 Å². The molecule has 0 bridgehead atoms. The second-order valence-corrected chi connectivity index (χ2v) is 7.60. The summed E-state index contributed by atoms with van der Waals surface area (Å²) >= 11 is 0. The summed E-state index contributed by atoms with van der Waals surface area (Å²) < 4.78 is 7.43. The first kappa shape index (κ1) is 17.1. The number of aromatic nitrogens is 2. The number of carbonyl (C=O) groups excluding carboxylic acids is 1. The van der Waals surface area contributed by atoms with Crippen molar-refractivity contribution in [3.8, 4) is 5.75 Å². The van der Waals surface area contributed by atoms with E-state index in [-0.39, 0.29) is 19.1 Å². The number of carbonyl (C=O) groups is 1. The fraction of sp³-hybridized carbons (Fsp3) is 0.500. The van der Waals surface area contributed by atoms with Gasteiger partial charge in [-0.15, -0.1) is 0 Å². The predicted octanol–water partition coefficient (Wildman–Crippen LogP) is 2.11. The summed E-state index contributed by atoms with van der Waals surface area (Å²) in [5.74, 6) is 1.31. The first-order valence-electron chi connectivity index (χ1n) is 9.24. The molecular formula is C20H25N3O3. The van der Waals surface area contributed by atoms with Crippen LogP contribution >= 0.6 is 0 Å². The summed E-state index contributed by atoms with van der Waals surface area (Å²) in [6.45, 7) is 3.28. The van der Waals surface area contributed by atoms with Crippen molar-refractivity contribution in [2.45, 2.75) is 44.2 Å². The minimum Gasteiger partial charge on any atom is -0.491 e. The molecule has 0 unspecified atom stereocenters. The third kappa shape index (κ3) is 3.90. The molecule has 1 N–H and O–H groups in total. The number of likely N-dealkylation sites (tertiary alicyclic amines) is 1. The Kier molecular flexibility index (Phi) is 4.44. The number of hydrogen-bond acceptors (Lipinski definition) is 4. The van der Waals surface area contributed by atoms with Crippen LogP contribution in [0.2, 0.25) is 0 Å². The monoisotopic (exact) mass is 355 g/mol. The molecule has 26 heavy (non-hydrogen) atoms. The predicted molar refractivity (Wildman–Crippen MR) is 97.0 cm³/mol. The molecule has 138 valence electrons. The fourth-order valence-electron chi connectivity index (χ4n) is 3.34. The first-order valence-corrected chi connectivity index (χ1v) is 9.24. The van der Waals surface area contributed by atoms with Crippen LogP contribution in [-0.2, 0) is 11.3 Å². The fourth-order valence-corrected chi connectivity index (χ4v) is 3.34. The standard InChI is InChI=1S/C20H25N3O3/c1-15-2-6-17(7-3-15)26-14-20(25)9-11-22(13-20)19(24)12-23-10-8-18(21-23)16-4-5-16/h2-3,6-8,10,16,25H,4-5,9,11-14H2,1H3/t20-/m0/s1. The van der Waals surface area contributed by atoms with Gasteiger partial charge in [-0.05, 0) is 44.4 Å². The highest BCUT2D eigenvalue weighted by atomic mass is 16.5. The Morgan fingerprint density at radius 3 is 2.81 bits per heavy atom. The smallest absolute Gasteiger partial charge is 0.244 e. The molecule has 6 heteroatoms. The van der Waals surface area contributed by atoms with Gasteiger partial charge in [-0.25, -0.2) is 0 Å². The van der Waals surface area contributed by atoms with Gasteiger partial charge in [0, 0.05) is 18.7 Å². The van der Waals surface area contributed by atoms with E-state index in [1.54, 1.807) is 9.58 Å². The van der Waals surface area contributed by atoms with E-state index in [1.165, 1.54) is 12.8 Å². The number of hydrogen-bond donors (Lipinski definition) is 1. The number of nitrogens with zero attached hydrogens (tertiary/aromatic N) is 3. The van der Waals surface area contributed by atoms with Gasteiger partial charge in [-0.1, -0.05) is 17.7 Å². The zero-order valence-corrected chi connectivity index (χ0v) is 15.1. The number of rotatable bonds is 6. The number of aryl methyl sites for hydroxylation is 1. The Labute approximate surface area is 153 Å². The van der Waals surface area contributed by atoms with E-state index < -0.39 is 5.60 Å². The molecule has 2 aliphatic rings. The van der Waals surface area contributed by atoms with Crippen molar-refractivity contribution >= 4 is 5.91 Å². The molecule has 1 aromatic carbocycles. The van der Waals surface area contributed by atoms with E-state index in [4.69, 9.17) is 4.74 Å². The normalized spacial score (nSPS) is 22.6. The van der Waals surface area contributed by atoms with Gasteiger partial charge < -0.3 is 14.7 Å². The van der Waals surface area contributed by atoms with Crippen molar-refractivity contribution in [3.63, 3.8) is 0 Å². The molecule has 1 aliphatic heterocycles. The summed E-state index contributed by atoms with van der Waals surface area (Å²) in [5, 5.41) is 15.2. The number of amides is 1. The van der Waals surface area contributed by atoms with Crippen molar-refractivity contribution in [1.82, 2.24) is 14.7 Å². The molecule has 6 nitrogen and oxygen atoms in total. The number of β-amino-alcohol motifs (C(OH)–C–C–N with tert-alkyl or cyclic N) is 1. The maximum atomic E-state index is 12.5. The lowest BCUT2D eigenvalue weighted by Gasteiger charge is -2.23. The zero-order valence-electron chi connectivity index (χ0n) is 15.1.